The lowest BCUT2D eigenvalue weighted by atomic mass is 10.1. The van der Waals surface area contributed by atoms with Gasteiger partial charge >= 0.3 is 0 Å². The van der Waals surface area contributed by atoms with Crippen molar-refractivity contribution in [2.75, 3.05) is 13.1 Å². The predicted octanol–water partition coefficient (Wildman–Crippen LogP) is 2.71. The number of pyridine rings is 1. The van der Waals surface area contributed by atoms with E-state index in [1.54, 1.807) is 54.7 Å². The van der Waals surface area contributed by atoms with E-state index in [2.05, 4.69) is 10.3 Å². The van der Waals surface area contributed by atoms with Crippen LogP contribution in [0.5, 0.6) is 0 Å². The number of rotatable bonds is 8. The minimum atomic E-state index is -3.82. The molecule has 3 aromatic rings. The van der Waals surface area contributed by atoms with E-state index in [0.717, 1.165) is 10.5 Å². The fourth-order valence-electron chi connectivity index (χ4n) is 3.82. The summed E-state index contributed by atoms with van der Waals surface area (Å²) in [5, 5.41) is 1.60. The number of amides is 3. The summed E-state index contributed by atoms with van der Waals surface area (Å²) in [4.78, 5) is 42.7. The SMILES string of the molecule is Cc1ccc(S(=O)(=O)C(CNC(=O)CCN2C(=O)c3ccccc3C2=O)c2cccnc2)cc1. The van der Waals surface area contributed by atoms with Gasteiger partial charge in [-0.15, -0.1) is 0 Å². The molecule has 174 valence electrons. The predicted molar refractivity (Wildman–Crippen MR) is 125 cm³/mol. The van der Waals surface area contributed by atoms with E-state index in [0.29, 0.717) is 16.7 Å². The van der Waals surface area contributed by atoms with E-state index < -0.39 is 32.8 Å². The van der Waals surface area contributed by atoms with Crippen molar-refractivity contribution in [1.82, 2.24) is 15.2 Å². The lowest BCUT2D eigenvalue weighted by Gasteiger charge is -2.19. The summed E-state index contributed by atoms with van der Waals surface area (Å²) >= 11 is 0. The van der Waals surface area contributed by atoms with Gasteiger partial charge in [-0.2, -0.15) is 0 Å². The fraction of sp³-hybridized carbons (Fsp3) is 0.200. The molecule has 1 aliphatic heterocycles. The highest BCUT2D eigenvalue weighted by molar-refractivity contribution is 7.91. The van der Waals surface area contributed by atoms with Crippen LogP contribution in [0.1, 0.15) is 43.5 Å². The van der Waals surface area contributed by atoms with Gasteiger partial charge in [0, 0.05) is 31.9 Å². The fourth-order valence-corrected chi connectivity index (χ4v) is 5.46. The second-order valence-electron chi connectivity index (χ2n) is 7.99. The van der Waals surface area contributed by atoms with Crippen LogP contribution in [-0.4, -0.2) is 49.1 Å². The largest absolute Gasteiger partial charge is 0.354 e. The molecule has 0 radical (unpaired) electrons. The molecule has 3 amide bonds. The first kappa shape index (κ1) is 23.3. The molecular formula is C25H23N3O5S. The van der Waals surface area contributed by atoms with Gasteiger partial charge in [0.25, 0.3) is 11.8 Å². The molecule has 34 heavy (non-hydrogen) atoms. The second-order valence-corrected chi connectivity index (χ2v) is 10.1. The maximum atomic E-state index is 13.4. The maximum absolute atomic E-state index is 13.4. The Hall–Kier alpha value is -3.85. The zero-order valence-electron chi connectivity index (χ0n) is 18.5. The number of benzene rings is 2. The molecule has 0 bridgehead atoms. The van der Waals surface area contributed by atoms with Gasteiger partial charge in [-0.25, -0.2) is 8.42 Å². The van der Waals surface area contributed by atoms with Gasteiger partial charge in [-0.3, -0.25) is 24.3 Å². The molecule has 0 fully saturated rings. The van der Waals surface area contributed by atoms with E-state index in [1.807, 2.05) is 6.92 Å². The molecular weight excluding hydrogens is 454 g/mol. The van der Waals surface area contributed by atoms with Gasteiger partial charge in [0.15, 0.2) is 9.84 Å². The first-order chi connectivity index (χ1) is 16.3. The van der Waals surface area contributed by atoms with Crippen molar-refractivity contribution in [1.29, 1.82) is 0 Å². The van der Waals surface area contributed by atoms with Crippen LogP contribution in [0.4, 0.5) is 0 Å². The normalized spacial score (nSPS) is 14.1. The molecule has 0 saturated carbocycles. The lowest BCUT2D eigenvalue weighted by Crippen LogP contribution is -2.36. The third kappa shape index (κ3) is 4.60. The molecule has 1 N–H and O–H groups in total. The second kappa shape index (κ2) is 9.56. The monoisotopic (exact) mass is 477 g/mol. The Labute approximate surface area is 197 Å². The van der Waals surface area contributed by atoms with Gasteiger partial charge in [0.2, 0.25) is 5.91 Å². The summed E-state index contributed by atoms with van der Waals surface area (Å²) in [6.45, 7) is 1.59. The first-order valence-electron chi connectivity index (χ1n) is 10.7. The molecule has 1 atom stereocenters. The van der Waals surface area contributed by atoms with Crippen molar-refractivity contribution in [3.8, 4) is 0 Å². The Bertz CT molecular complexity index is 1300. The number of aryl methyl sites for hydroxylation is 1. The van der Waals surface area contributed by atoms with Crippen molar-refractivity contribution >= 4 is 27.6 Å². The van der Waals surface area contributed by atoms with Crippen molar-refractivity contribution < 1.29 is 22.8 Å². The van der Waals surface area contributed by atoms with Crippen LogP contribution in [0.15, 0.2) is 78.0 Å². The highest BCUT2D eigenvalue weighted by Crippen LogP contribution is 2.28. The van der Waals surface area contributed by atoms with Gasteiger partial charge in [-0.1, -0.05) is 35.9 Å². The number of hydrogen-bond acceptors (Lipinski definition) is 6. The summed E-state index contributed by atoms with van der Waals surface area (Å²) in [6, 6.07) is 16.3. The van der Waals surface area contributed by atoms with Crippen molar-refractivity contribution in [2.45, 2.75) is 23.5 Å². The Morgan fingerprint density at radius 2 is 1.62 bits per heavy atom. The van der Waals surface area contributed by atoms with Crippen molar-refractivity contribution in [2.24, 2.45) is 0 Å². The van der Waals surface area contributed by atoms with Crippen LogP contribution in [-0.2, 0) is 14.6 Å². The van der Waals surface area contributed by atoms with Gasteiger partial charge in [0.1, 0.15) is 5.25 Å². The topological polar surface area (TPSA) is 114 Å². The third-order valence-corrected chi connectivity index (χ3v) is 7.82. The van der Waals surface area contributed by atoms with Crippen LogP contribution < -0.4 is 5.32 Å². The van der Waals surface area contributed by atoms with Crippen LogP contribution in [0, 0.1) is 6.92 Å². The van der Waals surface area contributed by atoms with Crippen molar-refractivity contribution in [3.05, 3.63) is 95.3 Å². The molecule has 2 aromatic carbocycles. The van der Waals surface area contributed by atoms with Crippen LogP contribution in [0.3, 0.4) is 0 Å². The highest BCUT2D eigenvalue weighted by Gasteiger charge is 2.35. The molecule has 8 nitrogen and oxygen atoms in total. The molecule has 4 rings (SSSR count). The Morgan fingerprint density at radius 1 is 0.971 bits per heavy atom. The quantitative estimate of drug-likeness (QED) is 0.499. The Morgan fingerprint density at radius 3 is 2.21 bits per heavy atom. The molecule has 1 unspecified atom stereocenters. The van der Waals surface area contributed by atoms with Crippen molar-refractivity contribution in [3.63, 3.8) is 0 Å². The maximum Gasteiger partial charge on any atom is 0.261 e. The molecule has 1 aromatic heterocycles. The zero-order chi connectivity index (χ0) is 24.3. The number of carbonyl (C=O) groups is 3. The third-order valence-electron chi connectivity index (χ3n) is 5.71. The first-order valence-corrected chi connectivity index (χ1v) is 12.3. The van der Waals surface area contributed by atoms with E-state index in [4.69, 9.17) is 0 Å². The van der Waals surface area contributed by atoms with Crippen LogP contribution in [0.2, 0.25) is 0 Å². The van der Waals surface area contributed by atoms with E-state index in [-0.39, 0.29) is 24.4 Å². The summed E-state index contributed by atoms with van der Waals surface area (Å²) < 4.78 is 26.7. The summed E-state index contributed by atoms with van der Waals surface area (Å²) in [7, 11) is -3.82. The van der Waals surface area contributed by atoms with Crippen LogP contribution in [0.25, 0.3) is 0 Å². The average molecular weight is 478 g/mol. The van der Waals surface area contributed by atoms with Crippen LogP contribution >= 0.6 is 0 Å². The minimum absolute atomic E-state index is 0.0968. The summed E-state index contributed by atoms with van der Waals surface area (Å²) in [5.41, 5.74) is 2.00. The number of nitrogens with one attached hydrogen (secondary N) is 1. The molecule has 2 heterocycles. The zero-order valence-corrected chi connectivity index (χ0v) is 19.3. The lowest BCUT2D eigenvalue weighted by molar-refractivity contribution is -0.121. The van der Waals surface area contributed by atoms with Gasteiger partial charge in [-0.05, 0) is 42.8 Å². The molecule has 0 aliphatic carbocycles. The van der Waals surface area contributed by atoms with Gasteiger partial charge in [0.05, 0.1) is 16.0 Å². The van der Waals surface area contributed by atoms with E-state index >= 15 is 0 Å². The Kier molecular flexibility index (Phi) is 6.56. The van der Waals surface area contributed by atoms with E-state index in [9.17, 15) is 22.8 Å². The summed E-state index contributed by atoms with van der Waals surface area (Å²) in [6.07, 6.45) is 2.86. The number of fused-ring (bicyclic) bond motifs is 1. The minimum Gasteiger partial charge on any atom is -0.354 e. The molecule has 1 aliphatic rings. The Balaban J connectivity index is 1.45. The molecule has 0 saturated heterocycles. The number of aromatic nitrogens is 1. The number of nitrogens with zero attached hydrogens (tertiary/aromatic N) is 2. The summed E-state index contributed by atoms with van der Waals surface area (Å²) in [5.74, 6) is -1.35. The average Bonchev–Trinajstić information content (AvgIpc) is 3.08. The number of imide groups is 1. The number of sulfone groups is 1. The highest BCUT2D eigenvalue weighted by atomic mass is 32.2. The molecule has 9 heteroatoms. The standard InChI is InChI=1S/C25H23N3O5S/c1-17-8-10-19(11-9-17)34(32,33)22(18-5-4-13-26-15-18)16-27-23(29)12-14-28-24(30)20-6-2-3-7-21(20)25(28)31/h2-11,13,15,22H,12,14,16H2,1H3,(H,27,29). The number of carbonyl (C=O) groups excluding carboxylic acids is 3. The number of hydrogen-bond donors (Lipinski definition) is 1. The van der Waals surface area contributed by atoms with Gasteiger partial charge < -0.3 is 5.32 Å². The molecule has 0 spiro atoms. The van der Waals surface area contributed by atoms with E-state index in [1.165, 1.54) is 18.3 Å². The smallest absolute Gasteiger partial charge is 0.261 e.